The van der Waals surface area contributed by atoms with Crippen molar-refractivity contribution in [3.8, 4) is 0 Å². The molecule has 0 saturated heterocycles. The molecule has 1 aromatic heterocycles. The molecule has 1 atom stereocenters. The lowest BCUT2D eigenvalue weighted by Crippen LogP contribution is -2.29. The molecule has 0 amide bonds. The van der Waals surface area contributed by atoms with Gasteiger partial charge in [-0.1, -0.05) is 30.1 Å². The van der Waals surface area contributed by atoms with E-state index in [-0.39, 0.29) is 16.5 Å². The highest BCUT2D eigenvalue weighted by Crippen LogP contribution is 2.16. The van der Waals surface area contributed by atoms with E-state index >= 15 is 0 Å². The van der Waals surface area contributed by atoms with Crippen LogP contribution in [-0.2, 0) is 4.79 Å². The molecule has 0 aliphatic carbocycles. The number of hydrogen-bond donors (Lipinski definition) is 1. The number of hydrogen-bond acceptors (Lipinski definition) is 2. The van der Waals surface area contributed by atoms with Crippen LogP contribution in [0, 0.1) is 0 Å². The van der Waals surface area contributed by atoms with Gasteiger partial charge in [0.25, 0.3) is 5.56 Å². The molecule has 1 heterocycles. The molecular weight excluding hydrogens is 241 g/mol. The predicted molar refractivity (Wildman–Crippen MR) is 57.7 cm³/mol. The van der Waals surface area contributed by atoms with Crippen LogP contribution >= 0.6 is 23.2 Å². The average Bonchev–Trinajstić information content (AvgIpc) is 2.13. The summed E-state index contributed by atoms with van der Waals surface area (Å²) in [5, 5.41) is 9.04. The zero-order valence-corrected chi connectivity index (χ0v) is 9.42. The second kappa shape index (κ2) is 4.68. The maximum absolute atomic E-state index is 11.5. The Morgan fingerprint density at radius 2 is 2.20 bits per heavy atom. The number of carboxylic acid groups (broad SMARTS) is 1. The Kier molecular flexibility index (Phi) is 3.77. The van der Waals surface area contributed by atoms with Gasteiger partial charge in [-0.05, 0) is 12.5 Å². The molecule has 1 unspecified atom stereocenters. The van der Waals surface area contributed by atoms with E-state index in [1.807, 2.05) is 0 Å². The highest BCUT2D eigenvalue weighted by atomic mass is 35.5. The van der Waals surface area contributed by atoms with Crippen LogP contribution in [0.2, 0.25) is 10.0 Å². The van der Waals surface area contributed by atoms with Crippen LogP contribution in [-0.4, -0.2) is 15.6 Å². The van der Waals surface area contributed by atoms with Crippen molar-refractivity contribution in [3.05, 3.63) is 32.7 Å². The topological polar surface area (TPSA) is 59.3 Å². The lowest BCUT2D eigenvalue weighted by Gasteiger charge is -2.13. The van der Waals surface area contributed by atoms with Gasteiger partial charge in [-0.25, -0.2) is 4.79 Å². The summed E-state index contributed by atoms with van der Waals surface area (Å²) in [6.45, 7) is 1.67. The fraction of sp³-hybridized carbons (Fsp3) is 0.333. The molecule has 0 fully saturated rings. The Balaban J connectivity index is 3.35. The van der Waals surface area contributed by atoms with E-state index in [0.717, 1.165) is 4.57 Å². The Bertz CT molecular complexity index is 441. The van der Waals surface area contributed by atoms with Gasteiger partial charge in [-0.3, -0.25) is 9.36 Å². The summed E-state index contributed by atoms with van der Waals surface area (Å²) in [5.74, 6) is -1.09. The minimum absolute atomic E-state index is 0.0813. The molecular formula is C9H9Cl2NO3. The SMILES string of the molecule is CCC(C(=O)O)n1cc(Cl)cc(Cl)c1=O. The van der Waals surface area contributed by atoms with Gasteiger partial charge in [0, 0.05) is 6.20 Å². The van der Waals surface area contributed by atoms with Gasteiger partial charge in [-0.2, -0.15) is 0 Å². The summed E-state index contributed by atoms with van der Waals surface area (Å²) < 4.78 is 1.03. The monoisotopic (exact) mass is 249 g/mol. The molecule has 0 spiro atoms. The first-order valence-corrected chi connectivity index (χ1v) is 5.03. The van der Waals surface area contributed by atoms with Crippen LogP contribution < -0.4 is 5.56 Å². The maximum Gasteiger partial charge on any atom is 0.326 e. The normalized spacial score (nSPS) is 12.5. The smallest absolute Gasteiger partial charge is 0.326 e. The summed E-state index contributed by atoms with van der Waals surface area (Å²) >= 11 is 11.3. The van der Waals surface area contributed by atoms with Gasteiger partial charge in [-0.15, -0.1) is 0 Å². The first-order valence-electron chi connectivity index (χ1n) is 4.27. The maximum atomic E-state index is 11.5. The van der Waals surface area contributed by atoms with Crippen molar-refractivity contribution in [2.24, 2.45) is 0 Å². The van der Waals surface area contributed by atoms with E-state index in [4.69, 9.17) is 28.3 Å². The summed E-state index contributed by atoms with van der Waals surface area (Å²) in [5.41, 5.74) is -0.546. The van der Waals surface area contributed by atoms with E-state index in [2.05, 4.69) is 0 Å². The molecule has 15 heavy (non-hydrogen) atoms. The lowest BCUT2D eigenvalue weighted by molar-refractivity contribution is -0.141. The number of carbonyl (C=O) groups is 1. The third kappa shape index (κ3) is 2.52. The number of aromatic nitrogens is 1. The molecule has 0 aromatic carbocycles. The van der Waals surface area contributed by atoms with Crippen LogP contribution in [0.3, 0.4) is 0 Å². The second-order valence-corrected chi connectivity index (χ2v) is 3.82. The van der Waals surface area contributed by atoms with Gasteiger partial charge >= 0.3 is 5.97 Å². The van der Waals surface area contributed by atoms with Crippen molar-refractivity contribution >= 4 is 29.2 Å². The van der Waals surface area contributed by atoms with Crippen molar-refractivity contribution in [1.82, 2.24) is 4.57 Å². The second-order valence-electron chi connectivity index (χ2n) is 2.98. The van der Waals surface area contributed by atoms with E-state index in [0.29, 0.717) is 0 Å². The lowest BCUT2D eigenvalue weighted by atomic mass is 10.2. The van der Waals surface area contributed by atoms with Crippen LogP contribution in [0.25, 0.3) is 0 Å². The summed E-state index contributed by atoms with van der Waals surface area (Å²) in [7, 11) is 0. The molecule has 0 bridgehead atoms. The van der Waals surface area contributed by atoms with Crippen LogP contribution in [0.4, 0.5) is 0 Å². The molecule has 82 valence electrons. The zero-order chi connectivity index (χ0) is 11.6. The third-order valence-electron chi connectivity index (χ3n) is 1.97. The van der Waals surface area contributed by atoms with E-state index in [9.17, 15) is 9.59 Å². The van der Waals surface area contributed by atoms with Crippen molar-refractivity contribution in [1.29, 1.82) is 0 Å². The molecule has 0 saturated carbocycles. The molecule has 0 radical (unpaired) electrons. The van der Waals surface area contributed by atoms with Crippen molar-refractivity contribution in [2.45, 2.75) is 19.4 Å². The average molecular weight is 250 g/mol. The molecule has 6 heteroatoms. The van der Waals surface area contributed by atoms with Crippen molar-refractivity contribution < 1.29 is 9.90 Å². The summed E-state index contributed by atoms with van der Waals surface area (Å²) in [6.07, 6.45) is 1.56. The Labute approximate surface area is 96.0 Å². The summed E-state index contributed by atoms with van der Waals surface area (Å²) in [6, 6.07) is 0.352. The quantitative estimate of drug-likeness (QED) is 0.894. The van der Waals surface area contributed by atoms with E-state index in [1.165, 1.54) is 12.3 Å². The van der Waals surface area contributed by atoms with Gasteiger partial charge in [0.15, 0.2) is 0 Å². The van der Waals surface area contributed by atoms with Gasteiger partial charge in [0.1, 0.15) is 11.1 Å². The summed E-state index contributed by atoms with van der Waals surface area (Å²) in [4.78, 5) is 22.4. The number of rotatable bonds is 3. The zero-order valence-electron chi connectivity index (χ0n) is 7.91. The minimum atomic E-state index is -1.09. The first kappa shape index (κ1) is 12.1. The largest absolute Gasteiger partial charge is 0.480 e. The van der Waals surface area contributed by atoms with E-state index in [1.54, 1.807) is 6.92 Å². The molecule has 1 rings (SSSR count). The van der Waals surface area contributed by atoms with Crippen molar-refractivity contribution in [3.63, 3.8) is 0 Å². The minimum Gasteiger partial charge on any atom is -0.480 e. The molecule has 0 aliphatic heterocycles. The highest BCUT2D eigenvalue weighted by Gasteiger charge is 2.19. The highest BCUT2D eigenvalue weighted by molar-refractivity contribution is 6.34. The van der Waals surface area contributed by atoms with Crippen LogP contribution in [0.1, 0.15) is 19.4 Å². The molecule has 1 N–H and O–H groups in total. The Hall–Kier alpha value is -1.00. The van der Waals surface area contributed by atoms with Crippen LogP contribution in [0.5, 0.6) is 0 Å². The van der Waals surface area contributed by atoms with Gasteiger partial charge in [0.2, 0.25) is 0 Å². The number of nitrogens with zero attached hydrogens (tertiary/aromatic N) is 1. The first-order chi connectivity index (χ1) is 6.97. The third-order valence-corrected chi connectivity index (χ3v) is 2.45. The number of carboxylic acids is 1. The molecule has 4 nitrogen and oxygen atoms in total. The van der Waals surface area contributed by atoms with Gasteiger partial charge < -0.3 is 5.11 Å². The van der Waals surface area contributed by atoms with Crippen molar-refractivity contribution in [2.75, 3.05) is 0 Å². The predicted octanol–water partition coefficient (Wildman–Crippen LogP) is 2.19. The molecule has 0 aliphatic rings. The number of halogens is 2. The Morgan fingerprint density at radius 3 is 2.67 bits per heavy atom. The van der Waals surface area contributed by atoms with Crippen LogP contribution in [0.15, 0.2) is 17.1 Å². The standard InChI is InChI=1S/C9H9Cl2NO3/c1-2-7(9(14)15)12-4-5(10)3-6(11)8(12)13/h3-4,7H,2H2,1H3,(H,14,15). The van der Waals surface area contributed by atoms with E-state index < -0.39 is 17.6 Å². The fourth-order valence-electron chi connectivity index (χ4n) is 1.26. The Morgan fingerprint density at radius 1 is 1.60 bits per heavy atom. The fourth-order valence-corrected chi connectivity index (χ4v) is 1.74. The number of pyridine rings is 1. The van der Waals surface area contributed by atoms with Gasteiger partial charge in [0.05, 0.1) is 5.02 Å². The number of aliphatic carboxylic acids is 1. The molecule has 1 aromatic rings.